The van der Waals surface area contributed by atoms with Gasteiger partial charge in [0.25, 0.3) is 11.8 Å². The maximum absolute atomic E-state index is 12.8. The van der Waals surface area contributed by atoms with Crippen LogP contribution in [0.1, 0.15) is 64.7 Å². The van der Waals surface area contributed by atoms with Crippen molar-refractivity contribution in [1.82, 2.24) is 5.01 Å². The smallest absolute Gasteiger partial charge is 0.254 e. The molecule has 1 saturated heterocycles. The predicted molar refractivity (Wildman–Crippen MR) is 113 cm³/mol. The highest BCUT2D eigenvalue weighted by Crippen LogP contribution is 2.52. The van der Waals surface area contributed by atoms with Crippen LogP contribution in [-0.2, 0) is 20.4 Å². The highest BCUT2D eigenvalue weighted by atomic mass is 16.3. The van der Waals surface area contributed by atoms with Gasteiger partial charge in [-0.2, -0.15) is 10.1 Å². The van der Waals surface area contributed by atoms with Crippen LogP contribution in [0.25, 0.3) is 0 Å². The Hall–Kier alpha value is -2.43. The van der Waals surface area contributed by atoms with E-state index in [4.69, 9.17) is 0 Å². The number of amides is 2. The van der Waals surface area contributed by atoms with Crippen molar-refractivity contribution in [3.63, 3.8) is 0 Å². The van der Waals surface area contributed by atoms with Crippen LogP contribution in [0.2, 0.25) is 0 Å². The van der Waals surface area contributed by atoms with Gasteiger partial charge in [0.1, 0.15) is 5.75 Å². The number of rotatable bonds is 2. The highest BCUT2D eigenvalue weighted by molar-refractivity contribution is 6.06. The van der Waals surface area contributed by atoms with Crippen molar-refractivity contribution in [2.24, 2.45) is 28.8 Å². The average molecular weight is 395 g/mol. The minimum atomic E-state index is -0.255. The van der Waals surface area contributed by atoms with Gasteiger partial charge < -0.3 is 5.11 Å². The van der Waals surface area contributed by atoms with Gasteiger partial charge in [0.15, 0.2) is 0 Å². The Labute approximate surface area is 172 Å². The van der Waals surface area contributed by atoms with Gasteiger partial charge in [-0.05, 0) is 46.8 Å². The lowest BCUT2D eigenvalue weighted by Gasteiger charge is -2.27. The second-order valence-electron chi connectivity index (χ2n) is 10.7. The molecule has 2 amide bonds. The van der Waals surface area contributed by atoms with Crippen molar-refractivity contribution in [3.05, 3.63) is 41.0 Å². The molecule has 1 aliphatic heterocycles. The van der Waals surface area contributed by atoms with E-state index < -0.39 is 0 Å². The summed E-state index contributed by atoms with van der Waals surface area (Å²) in [6, 6.07) is 3.79. The van der Waals surface area contributed by atoms with E-state index in [1.807, 2.05) is 53.7 Å². The molecule has 4 atom stereocenters. The van der Waals surface area contributed by atoms with Gasteiger partial charge in [-0.3, -0.25) is 9.59 Å². The van der Waals surface area contributed by atoms with E-state index in [2.05, 4.69) is 17.3 Å². The fraction of sp³-hybridized carbons (Fsp3) is 0.542. The van der Waals surface area contributed by atoms with Crippen LogP contribution in [0.5, 0.6) is 5.75 Å². The molecule has 1 saturated carbocycles. The number of aromatic hydroxyl groups is 1. The first kappa shape index (κ1) is 19.9. The Balaban J connectivity index is 1.69. The topological polar surface area (TPSA) is 70.0 Å². The third-order valence-electron chi connectivity index (χ3n) is 6.52. The molecule has 1 heterocycles. The van der Waals surface area contributed by atoms with Crippen LogP contribution in [0.15, 0.2) is 29.4 Å². The van der Waals surface area contributed by atoms with Gasteiger partial charge in [-0.25, -0.2) is 0 Å². The molecule has 4 rings (SSSR count). The lowest BCUT2D eigenvalue weighted by molar-refractivity contribution is -0.140. The minimum absolute atomic E-state index is 0.176. The summed E-state index contributed by atoms with van der Waals surface area (Å²) in [6.45, 7) is 12.3. The second kappa shape index (κ2) is 6.28. The van der Waals surface area contributed by atoms with E-state index in [1.54, 1.807) is 6.21 Å². The molecule has 2 aliphatic carbocycles. The standard InChI is InChI=1S/C24H30N2O3/c1-23(2,3)16-9-13(10-17(20(16)27)24(4,5)6)12-25-26-21(28)18-14-7-8-15(11-14)19(18)22(26)29/h7-10,12,14-15,18-19,27H,11H2,1-6H3/t14-,15-,18-,19+/m0/s1. The molecule has 2 fully saturated rings. The molecule has 0 aromatic heterocycles. The Morgan fingerprint density at radius 3 is 1.79 bits per heavy atom. The fourth-order valence-electron chi connectivity index (χ4n) is 5.00. The van der Waals surface area contributed by atoms with E-state index in [-0.39, 0.29) is 46.3 Å². The summed E-state index contributed by atoms with van der Waals surface area (Å²) in [6.07, 6.45) is 6.65. The number of hydrazone groups is 1. The molecule has 154 valence electrons. The van der Waals surface area contributed by atoms with Crippen molar-refractivity contribution in [3.8, 4) is 5.75 Å². The number of nitrogens with zero attached hydrogens (tertiary/aromatic N) is 2. The maximum atomic E-state index is 12.8. The Morgan fingerprint density at radius 1 is 0.931 bits per heavy atom. The lowest BCUT2D eigenvalue weighted by atomic mass is 9.78. The van der Waals surface area contributed by atoms with Crippen LogP contribution >= 0.6 is 0 Å². The normalized spacial score (nSPS) is 28.8. The molecule has 1 aromatic rings. The SMILES string of the molecule is CC(C)(C)c1cc(C=NN2C(=O)[C@@H]3[C@H](C2=O)[C@H]2C=C[C@H]3C2)cc(C(C)(C)C)c1O. The van der Waals surface area contributed by atoms with E-state index in [9.17, 15) is 14.7 Å². The van der Waals surface area contributed by atoms with Crippen molar-refractivity contribution in [2.45, 2.75) is 58.8 Å². The number of hydrogen-bond acceptors (Lipinski definition) is 4. The monoisotopic (exact) mass is 394 g/mol. The molecule has 1 aromatic carbocycles. The third kappa shape index (κ3) is 3.11. The summed E-state index contributed by atoms with van der Waals surface area (Å²) in [5, 5.41) is 16.2. The molecule has 3 aliphatic rings. The van der Waals surface area contributed by atoms with Gasteiger partial charge >= 0.3 is 0 Å². The molecular formula is C24H30N2O3. The van der Waals surface area contributed by atoms with Crippen molar-refractivity contribution in [2.75, 3.05) is 0 Å². The molecule has 5 nitrogen and oxygen atoms in total. The van der Waals surface area contributed by atoms with Crippen LogP contribution in [0.4, 0.5) is 0 Å². The number of phenolic OH excluding ortho intramolecular Hbond substituents is 1. The Morgan fingerprint density at radius 2 is 1.38 bits per heavy atom. The maximum Gasteiger partial charge on any atom is 0.254 e. The van der Waals surface area contributed by atoms with Gasteiger partial charge in [0, 0.05) is 11.1 Å². The summed E-state index contributed by atoms with van der Waals surface area (Å²) in [5.41, 5.74) is 1.91. The molecular weight excluding hydrogens is 364 g/mol. The molecule has 1 N–H and O–H groups in total. The second-order valence-corrected chi connectivity index (χ2v) is 10.7. The lowest BCUT2D eigenvalue weighted by Crippen LogP contribution is -2.28. The van der Waals surface area contributed by atoms with Crippen molar-refractivity contribution >= 4 is 18.0 Å². The molecule has 0 spiro atoms. The molecule has 5 heteroatoms. The van der Waals surface area contributed by atoms with Gasteiger partial charge in [-0.1, -0.05) is 53.7 Å². The molecule has 0 unspecified atom stereocenters. The summed E-state index contributed by atoms with van der Waals surface area (Å²) >= 11 is 0. The van der Waals surface area contributed by atoms with Crippen molar-refractivity contribution in [1.29, 1.82) is 0 Å². The zero-order valence-electron chi connectivity index (χ0n) is 18.1. The summed E-state index contributed by atoms with van der Waals surface area (Å²) in [7, 11) is 0. The van der Waals surface area contributed by atoms with E-state index in [1.165, 1.54) is 0 Å². The summed E-state index contributed by atoms with van der Waals surface area (Å²) in [5.74, 6) is -0.203. The highest BCUT2D eigenvalue weighted by Gasteiger charge is 2.59. The summed E-state index contributed by atoms with van der Waals surface area (Å²) < 4.78 is 0. The summed E-state index contributed by atoms with van der Waals surface area (Å²) in [4.78, 5) is 25.7. The first-order valence-electron chi connectivity index (χ1n) is 10.4. The van der Waals surface area contributed by atoms with Crippen LogP contribution in [0, 0.1) is 23.7 Å². The van der Waals surface area contributed by atoms with Crippen molar-refractivity contribution < 1.29 is 14.7 Å². The fourth-order valence-corrected chi connectivity index (χ4v) is 5.00. The number of carbonyl (C=O) groups is 2. The average Bonchev–Trinajstić information content (AvgIpc) is 3.27. The largest absolute Gasteiger partial charge is 0.507 e. The molecule has 29 heavy (non-hydrogen) atoms. The number of phenols is 1. The van der Waals surface area contributed by atoms with Gasteiger partial charge in [-0.15, -0.1) is 0 Å². The van der Waals surface area contributed by atoms with Crippen LogP contribution < -0.4 is 0 Å². The zero-order valence-corrected chi connectivity index (χ0v) is 18.1. The van der Waals surface area contributed by atoms with Gasteiger partial charge in [0.2, 0.25) is 0 Å². The predicted octanol–water partition coefficient (Wildman–Crippen LogP) is 4.13. The number of benzene rings is 1. The third-order valence-corrected chi connectivity index (χ3v) is 6.52. The van der Waals surface area contributed by atoms with E-state index in [0.717, 1.165) is 28.1 Å². The quantitative estimate of drug-likeness (QED) is 0.466. The van der Waals surface area contributed by atoms with E-state index >= 15 is 0 Å². The van der Waals surface area contributed by atoms with Crippen LogP contribution in [0.3, 0.4) is 0 Å². The number of hydrogen-bond donors (Lipinski definition) is 1. The van der Waals surface area contributed by atoms with E-state index in [0.29, 0.717) is 5.75 Å². The Kier molecular flexibility index (Phi) is 4.30. The van der Waals surface area contributed by atoms with Crippen LogP contribution in [-0.4, -0.2) is 28.1 Å². The number of fused-ring (bicyclic) bond motifs is 5. The van der Waals surface area contributed by atoms with Gasteiger partial charge in [0.05, 0.1) is 18.1 Å². The number of carbonyl (C=O) groups excluding carboxylic acids is 2. The number of imide groups is 1. The Bertz CT molecular complexity index is 881. The molecule has 0 radical (unpaired) electrons. The first-order chi connectivity index (χ1) is 13.4. The number of allylic oxidation sites excluding steroid dienone is 2. The first-order valence-corrected chi connectivity index (χ1v) is 10.4. The molecule has 2 bridgehead atoms. The minimum Gasteiger partial charge on any atom is -0.507 e. The zero-order chi connectivity index (χ0) is 21.3.